The average molecular weight is 414 g/mol. The fourth-order valence-corrected chi connectivity index (χ4v) is 4.20. The number of hydrogen-bond acceptors (Lipinski definition) is 5. The summed E-state index contributed by atoms with van der Waals surface area (Å²) in [4.78, 5) is 14.1. The van der Waals surface area contributed by atoms with Crippen LogP contribution in [0.5, 0.6) is 0 Å². The van der Waals surface area contributed by atoms with E-state index < -0.39 is 22.1 Å². The van der Waals surface area contributed by atoms with Crippen molar-refractivity contribution in [1.82, 2.24) is 14.3 Å². The van der Waals surface area contributed by atoms with E-state index in [0.717, 1.165) is 3.97 Å². The summed E-state index contributed by atoms with van der Waals surface area (Å²) in [6.45, 7) is 0.0538. The van der Waals surface area contributed by atoms with Gasteiger partial charge in [0.15, 0.2) is 0 Å². The molecule has 10 heteroatoms. The lowest BCUT2D eigenvalue weighted by Gasteiger charge is -2.11. The number of nitriles is 1. The number of amides is 1. The molecule has 8 nitrogen and oxygen atoms in total. The van der Waals surface area contributed by atoms with Gasteiger partial charge in [0.25, 0.3) is 10.0 Å². The average Bonchev–Trinajstić information content (AvgIpc) is 3.13. The first-order valence-corrected chi connectivity index (χ1v) is 9.81. The van der Waals surface area contributed by atoms with Crippen molar-refractivity contribution in [2.45, 2.75) is 11.3 Å². The van der Waals surface area contributed by atoms with E-state index in [1.54, 1.807) is 0 Å². The molecule has 1 aromatic carbocycles. The Morgan fingerprint density at radius 3 is 2.76 bits per heavy atom. The van der Waals surface area contributed by atoms with Crippen LogP contribution >= 0.6 is 0 Å². The summed E-state index contributed by atoms with van der Waals surface area (Å²) in [5.41, 5.74) is 0.670. The van der Waals surface area contributed by atoms with E-state index >= 15 is 0 Å². The van der Waals surface area contributed by atoms with E-state index in [-0.39, 0.29) is 34.7 Å². The van der Waals surface area contributed by atoms with Crippen molar-refractivity contribution >= 4 is 16.1 Å². The van der Waals surface area contributed by atoms with Gasteiger partial charge in [-0.1, -0.05) is 6.07 Å². The number of hydrogen-bond donors (Lipinski definition) is 2. The summed E-state index contributed by atoms with van der Waals surface area (Å²) in [6.07, 6.45) is 1.54. The lowest BCUT2D eigenvalue weighted by molar-refractivity contribution is 0.194. The molecule has 0 fully saturated rings. The second-order valence-corrected chi connectivity index (χ2v) is 7.81. The fourth-order valence-electron chi connectivity index (χ4n) is 2.76. The first-order chi connectivity index (χ1) is 13.8. The fraction of sp³-hybridized carbons (Fsp3) is 0.105. The van der Waals surface area contributed by atoms with Gasteiger partial charge in [0, 0.05) is 18.9 Å². The van der Waals surface area contributed by atoms with Crippen LogP contribution in [0.3, 0.4) is 0 Å². The van der Waals surface area contributed by atoms with E-state index in [4.69, 9.17) is 10.4 Å². The van der Waals surface area contributed by atoms with Gasteiger partial charge in [0.1, 0.15) is 0 Å². The van der Waals surface area contributed by atoms with E-state index in [1.165, 1.54) is 54.9 Å². The molecule has 1 amide bonds. The van der Waals surface area contributed by atoms with Crippen LogP contribution in [0.25, 0.3) is 11.3 Å². The lowest BCUT2D eigenvalue weighted by Crippen LogP contribution is -2.23. The summed E-state index contributed by atoms with van der Waals surface area (Å²) < 4.78 is 41.6. The molecule has 0 spiro atoms. The Kier molecular flexibility index (Phi) is 5.61. The van der Waals surface area contributed by atoms with Gasteiger partial charge in [0.05, 0.1) is 27.8 Å². The highest BCUT2D eigenvalue weighted by atomic mass is 32.2. The number of carboxylic acid groups (broad SMARTS) is 1. The summed E-state index contributed by atoms with van der Waals surface area (Å²) in [6, 6.07) is 11.7. The van der Waals surface area contributed by atoms with Gasteiger partial charge in [-0.15, -0.1) is 0 Å². The highest BCUT2D eigenvalue weighted by Crippen LogP contribution is 2.28. The van der Waals surface area contributed by atoms with Crippen LogP contribution < -0.4 is 5.32 Å². The highest BCUT2D eigenvalue weighted by Gasteiger charge is 2.24. The third-order valence-corrected chi connectivity index (χ3v) is 5.76. The van der Waals surface area contributed by atoms with Crippen LogP contribution in [-0.4, -0.2) is 35.1 Å². The number of benzene rings is 1. The van der Waals surface area contributed by atoms with Crippen molar-refractivity contribution in [2.75, 3.05) is 6.54 Å². The molecule has 3 aromatic rings. The maximum atomic E-state index is 14.3. The van der Waals surface area contributed by atoms with Gasteiger partial charge in [-0.25, -0.2) is 22.2 Å². The van der Waals surface area contributed by atoms with Crippen molar-refractivity contribution < 1.29 is 22.7 Å². The molecule has 0 unspecified atom stereocenters. The Hall–Kier alpha value is -3.71. The van der Waals surface area contributed by atoms with E-state index in [2.05, 4.69) is 10.3 Å². The Bertz CT molecular complexity index is 1210. The Morgan fingerprint density at radius 2 is 2.07 bits per heavy atom. The summed E-state index contributed by atoms with van der Waals surface area (Å²) in [7, 11) is -4.15. The number of halogens is 1. The number of pyridine rings is 1. The topological polar surface area (TPSA) is 125 Å². The molecule has 0 aliphatic carbocycles. The SMILES string of the molecule is N#Cc1cccc(S(=O)(=O)n2cc(CCNC(=O)O)cc2-c2cccnc2F)c1. The molecule has 0 bridgehead atoms. The largest absolute Gasteiger partial charge is 0.465 e. The van der Waals surface area contributed by atoms with Crippen LogP contribution in [0.1, 0.15) is 11.1 Å². The molecular formula is C19H15FN4O4S. The van der Waals surface area contributed by atoms with Crippen molar-refractivity contribution in [2.24, 2.45) is 0 Å². The summed E-state index contributed by atoms with van der Waals surface area (Å²) in [5, 5.41) is 19.9. The quantitative estimate of drug-likeness (QED) is 0.597. The minimum absolute atomic E-state index is 0.0232. The summed E-state index contributed by atoms with van der Waals surface area (Å²) >= 11 is 0. The van der Waals surface area contributed by atoms with Gasteiger partial charge in [-0.3, -0.25) is 0 Å². The molecule has 148 valence electrons. The molecule has 2 heterocycles. The van der Waals surface area contributed by atoms with Crippen LogP contribution in [0, 0.1) is 17.3 Å². The number of carbonyl (C=O) groups is 1. The van der Waals surface area contributed by atoms with Gasteiger partial charge in [0.2, 0.25) is 5.95 Å². The van der Waals surface area contributed by atoms with Gasteiger partial charge < -0.3 is 10.4 Å². The predicted octanol–water partition coefficient (Wildman–Crippen LogP) is 2.61. The van der Waals surface area contributed by atoms with Crippen molar-refractivity contribution in [3.05, 3.63) is 71.9 Å². The van der Waals surface area contributed by atoms with Gasteiger partial charge in [-0.05, 0) is 48.4 Å². The molecule has 0 saturated heterocycles. The standard InChI is InChI=1S/C19H15FN4O4S/c20-18-16(5-2-7-22-18)17-10-14(6-8-23-19(25)26)12-24(17)29(27,28)15-4-1-3-13(9-15)11-21/h1-5,7,9-10,12,23H,6,8H2,(H,25,26). The third kappa shape index (κ3) is 4.25. The predicted molar refractivity (Wildman–Crippen MR) is 101 cm³/mol. The number of aromatic nitrogens is 2. The zero-order chi connectivity index (χ0) is 21.0. The highest BCUT2D eigenvalue weighted by molar-refractivity contribution is 7.90. The van der Waals surface area contributed by atoms with Crippen LogP contribution in [0.4, 0.5) is 9.18 Å². The van der Waals surface area contributed by atoms with Gasteiger partial charge in [-0.2, -0.15) is 9.65 Å². The molecule has 2 N–H and O–H groups in total. The number of rotatable bonds is 6. The Morgan fingerprint density at radius 1 is 1.28 bits per heavy atom. The molecule has 0 aliphatic heterocycles. The molecule has 0 radical (unpaired) electrons. The zero-order valence-electron chi connectivity index (χ0n) is 14.9. The minimum Gasteiger partial charge on any atom is -0.465 e. The first-order valence-electron chi connectivity index (χ1n) is 8.37. The molecule has 2 aromatic heterocycles. The van der Waals surface area contributed by atoms with Crippen molar-refractivity contribution in [1.29, 1.82) is 5.26 Å². The molecule has 0 saturated carbocycles. The molecular weight excluding hydrogens is 399 g/mol. The van der Waals surface area contributed by atoms with Crippen LogP contribution in [0.15, 0.2) is 59.8 Å². The molecule has 0 aliphatic rings. The van der Waals surface area contributed by atoms with E-state index in [1.807, 2.05) is 6.07 Å². The van der Waals surface area contributed by atoms with E-state index in [9.17, 15) is 17.6 Å². The second kappa shape index (κ2) is 8.12. The smallest absolute Gasteiger partial charge is 0.404 e. The minimum atomic E-state index is -4.15. The Labute approximate surface area is 165 Å². The molecule has 29 heavy (non-hydrogen) atoms. The molecule has 3 rings (SSSR count). The van der Waals surface area contributed by atoms with Crippen molar-refractivity contribution in [3.63, 3.8) is 0 Å². The maximum absolute atomic E-state index is 14.3. The zero-order valence-corrected chi connectivity index (χ0v) is 15.7. The van der Waals surface area contributed by atoms with Crippen LogP contribution in [-0.2, 0) is 16.4 Å². The summed E-state index contributed by atoms with van der Waals surface area (Å²) in [5.74, 6) is -0.844. The third-order valence-electron chi connectivity index (χ3n) is 4.09. The molecule has 0 atom stereocenters. The maximum Gasteiger partial charge on any atom is 0.404 e. The first kappa shape index (κ1) is 20.0. The number of nitrogens with one attached hydrogen (secondary N) is 1. The van der Waals surface area contributed by atoms with Crippen molar-refractivity contribution in [3.8, 4) is 17.3 Å². The second-order valence-electron chi connectivity index (χ2n) is 6.00. The van der Waals surface area contributed by atoms with Crippen LogP contribution in [0.2, 0.25) is 0 Å². The monoisotopic (exact) mass is 414 g/mol. The lowest BCUT2D eigenvalue weighted by atomic mass is 10.1. The normalized spacial score (nSPS) is 11.0. The van der Waals surface area contributed by atoms with E-state index in [0.29, 0.717) is 5.56 Å². The Balaban J connectivity index is 2.13. The van der Waals surface area contributed by atoms with Gasteiger partial charge >= 0.3 is 6.09 Å². The number of nitrogens with zero attached hydrogens (tertiary/aromatic N) is 3.